The SMILES string of the molecule is CCCNC(c1occc1Br)C1(C)CCCC1. The maximum absolute atomic E-state index is 5.69. The van der Waals surface area contributed by atoms with Gasteiger partial charge in [0, 0.05) is 0 Å². The highest BCUT2D eigenvalue weighted by molar-refractivity contribution is 9.10. The van der Waals surface area contributed by atoms with Crippen molar-refractivity contribution in [1.82, 2.24) is 5.32 Å². The molecule has 96 valence electrons. The van der Waals surface area contributed by atoms with Gasteiger partial charge >= 0.3 is 0 Å². The van der Waals surface area contributed by atoms with Crippen molar-refractivity contribution in [2.45, 2.75) is 52.0 Å². The molecule has 0 aromatic carbocycles. The standard InChI is InChI=1S/C14H22BrNO/c1-3-9-16-13(12-11(15)6-10-17-12)14(2)7-4-5-8-14/h6,10,13,16H,3-5,7-9H2,1-2H3. The van der Waals surface area contributed by atoms with Crippen LogP contribution in [0.4, 0.5) is 0 Å². The van der Waals surface area contributed by atoms with Crippen LogP contribution in [0.25, 0.3) is 0 Å². The molecule has 0 aliphatic heterocycles. The van der Waals surface area contributed by atoms with Crippen LogP contribution < -0.4 is 5.32 Å². The van der Waals surface area contributed by atoms with Crippen molar-refractivity contribution < 1.29 is 4.42 Å². The summed E-state index contributed by atoms with van der Waals surface area (Å²) in [5.41, 5.74) is 0.343. The molecular formula is C14H22BrNO. The normalized spacial score (nSPS) is 20.6. The molecule has 1 aliphatic rings. The lowest BCUT2D eigenvalue weighted by Crippen LogP contribution is -2.35. The van der Waals surface area contributed by atoms with Gasteiger partial charge in [-0.3, -0.25) is 0 Å². The van der Waals surface area contributed by atoms with Crippen LogP contribution in [0.15, 0.2) is 21.2 Å². The lowest BCUT2D eigenvalue weighted by molar-refractivity contribution is 0.196. The van der Waals surface area contributed by atoms with E-state index in [1.807, 2.05) is 6.07 Å². The van der Waals surface area contributed by atoms with Gasteiger partial charge in [0.25, 0.3) is 0 Å². The fourth-order valence-electron chi connectivity index (χ4n) is 2.93. The summed E-state index contributed by atoms with van der Waals surface area (Å²) in [7, 11) is 0. The maximum atomic E-state index is 5.69. The van der Waals surface area contributed by atoms with E-state index in [-0.39, 0.29) is 0 Å². The van der Waals surface area contributed by atoms with E-state index >= 15 is 0 Å². The first kappa shape index (κ1) is 13.2. The fraction of sp³-hybridized carbons (Fsp3) is 0.714. The lowest BCUT2D eigenvalue weighted by Gasteiger charge is -2.33. The second kappa shape index (κ2) is 5.57. The van der Waals surface area contributed by atoms with Crippen LogP contribution in [0.3, 0.4) is 0 Å². The Morgan fingerprint density at radius 3 is 2.71 bits per heavy atom. The Balaban J connectivity index is 2.21. The summed E-state index contributed by atoms with van der Waals surface area (Å²) in [5, 5.41) is 3.67. The minimum absolute atomic E-state index is 0.342. The van der Waals surface area contributed by atoms with Crippen LogP contribution in [-0.2, 0) is 0 Å². The van der Waals surface area contributed by atoms with Gasteiger partial charge in [0.05, 0.1) is 16.8 Å². The van der Waals surface area contributed by atoms with Crippen LogP contribution in [0.2, 0.25) is 0 Å². The van der Waals surface area contributed by atoms with Gasteiger partial charge in [-0.15, -0.1) is 0 Å². The Morgan fingerprint density at radius 1 is 1.47 bits per heavy atom. The monoisotopic (exact) mass is 299 g/mol. The molecule has 0 radical (unpaired) electrons. The van der Waals surface area contributed by atoms with Gasteiger partial charge in [-0.2, -0.15) is 0 Å². The van der Waals surface area contributed by atoms with Gasteiger partial charge in [-0.1, -0.05) is 26.7 Å². The highest BCUT2D eigenvalue weighted by atomic mass is 79.9. The zero-order valence-electron chi connectivity index (χ0n) is 10.8. The molecule has 0 amide bonds. The number of hydrogen-bond donors (Lipinski definition) is 1. The molecule has 1 aromatic rings. The van der Waals surface area contributed by atoms with Crippen LogP contribution in [0.5, 0.6) is 0 Å². The second-order valence-electron chi connectivity index (χ2n) is 5.38. The number of rotatable bonds is 5. The van der Waals surface area contributed by atoms with Gasteiger partial charge in [-0.25, -0.2) is 0 Å². The van der Waals surface area contributed by atoms with Crippen molar-refractivity contribution in [3.05, 3.63) is 22.6 Å². The summed E-state index contributed by atoms with van der Waals surface area (Å²) >= 11 is 3.60. The summed E-state index contributed by atoms with van der Waals surface area (Å²) in [4.78, 5) is 0. The third kappa shape index (κ3) is 2.76. The smallest absolute Gasteiger partial charge is 0.135 e. The minimum Gasteiger partial charge on any atom is -0.466 e. The van der Waals surface area contributed by atoms with E-state index in [2.05, 4.69) is 35.1 Å². The first-order valence-electron chi connectivity index (χ1n) is 6.63. The fourth-order valence-corrected chi connectivity index (χ4v) is 3.36. The average Bonchev–Trinajstić information content (AvgIpc) is 2.90. The van der Waals surface area contributed by atoms with E-state index in [1.54, 1.807) is 6.26 Å². The molecule has 3 heteroatoms. The minimum atomic E-state index is 0.342. The van der Waals surface area contributed by atoms with Gasteiger partial charge < -0.3 is 9.73 Å². The molecule has 0 bridgehead atoms. The van der Waals surface area contributed by atoms with E-state index in [0.29, 0.717) is 11.5 Å². The molecule has 1 N–H and O–H groups in total. The molecular weight excluding hydrogens is 278 g/mol. The average molecular weight is 300 g/mol. The molecule has 1 atom stereocenters. The van der Waals surface area contributed by atoms with E-state index in [9.17, 15) is 0 Å². The molecule has 17 heavy (non-hydrogen) atoms. The highest BCUT2D eigenvalue weighted by Gasteiger charge is 2.39. The molecule has 1 unspecified atom stereocenters. The van der Waals surface area contributed by atoms with Crippen molar-refractivity contribution in [1.29, 1.82) is 0 Å². The molecule has 2 rings (SSSR count). The molecule has 1 heterocycles. The van der Waals surface area contributed by atoms with Gasteiger partial charge in [0.15, 0.2) is 0 Å². The molecule has 1 fully saturated rings. The third-order valence-electron chi connectivity index (χ3n) is 3.95. The summed E-state index contributed by atoms with van der Waals surface area (Å²) < 4.78 is 6.79. The Kier molecular flexibility index (Phi) is 4.31. The van der Waals surface area contributed by atoms with Gasteiger partial charge in [0.2, 0.25) is 0 Å². The number of halogens is 1. The van der Waals surface area contributed by atoms with Crippen molar-refractivity contribution in [3.63, 3.8) is 0 Å². The first-order valence-corrected chi connectivity index (χ1v) is 7.43. The van der Waals surface area contributed by atoms with Crippen molar-refractivity contribution in [2.24, 2.45) is 5.41 Å². The molecule has 1 saturated carbocycles. The Labute approximate surface area is 112 Å². The van der Waals surface area contributed by atoms with Crippen LogP contribution in [0, 0.1) is 5.41 Å². The quantitative estimate of drug-likeness (QED) is 0.855. The summed E-state index contributed by atoms with van der Waals surface area (Å²) in [5.74, 6) is 1.07. The third-order valence-corrected chi connectivity index (χ3v) is 4.60. The zero-order valence-corrected chi connectivity index (χ0v) is 12.3. The Morgan fingerprint density at radius 2 is 2.18 bits per heavy atom. The van der Waals surface area contributed by atoms with Crippen molar-refractivity contribution in [2.75, 3.05) is 6.54 Å². The van der Waals surface area contributed by atoms with E-state index in [0.717, 1.165) is 23.2 Å². The van der Waals surface area contributed by atoms with E-state index < -0.39 is 0 Å². The van der Waals surface area contributed by atoms with E-state index in [4.69, 9.17) is 4.42 Å². The lowest BCUT2D eigenvalue weighted by atomic mass is 9.79. The molecule has 0 saturated heterocycles. The Hall–Kier alpha value is -0.280. The Bertz CT molecular complexity index is 355. The summed E-state index contributed by atoms with van der Waals surface area (Å²) in [6.45, 7) is 5.65. The summed E-state index contributed by atoms with van der Waals surface area (Å²) in [6.07, 6.45) is 8.21. The first-order chi connectivity index (χ1) is 8.17. The van der Waals surface area contributed by atoms with Crippen LogP contribution in [-0.4, -0.2) is 6.54 Å². The predicted octanol–water partition coefficient (Wildman–Crippen LogP) is 4.66. The van der Waals surface area contributed by atoms with Gasteiger partial charge in [-0.05, 0) is 53.2 Å². The molecule has 2 nitrogen and oxygen atoms in total. The molecule has 1 aliphatic carbocycles. The molecule has 1 aromatic heterocycles. The largest absolute Gasteiger partial charge is 0.466 e. The van der Waals surface area contributed by atoms with Crippen molar-refractivity contribution >= 4 is 15.9 Å². The second-order valence-corrected chi connectivity index (χ2v) is 6.24. The number of furan rings is 1. The topological polar surface area (TPSA) is 25.2 Å². The zero-order chi connectivity index (χ0) is 12.3. The van der Waals surface area contributed by atoms with Crippen LogP contribution >= 0.6 is 15.9 Å². The molecule has 0 spiro atoms. The van der Waals surface area contributed by atoms with E-state index in [1.165, 1.54) is 25.7 Å². The maximum Gasteiger partial charge on any atom is 0.135 e. The number of hydrogen-bond acceptors (Lipinski definition) is 2. The predicted molar refractivity (Wildman–Crippen MR) is 74.0 cm³/mol. The van der Waals surface area contributed by atoms with Crippen LogP contribution in [0.1, 0.15) is 57.8 Å². The summed E-state index contributed by atoms with van der Waals surface area (Å²) in [6, 6.07) is 2.34. The number of nitrogens with one attached hydrogen (secondary N) is 1. The highest BCUT2D eigenvalue weighted by Crippen LogP contribution is 2.48. The van der Waals surface area contributed by atoms with Gasteiger partial charge in [0.1, 0.15) is 5.76 Å². The van der Waals surface area contributed by atoms with Crippen molar-refractivity contribution in [3.8, 4) is 0 Å².